The minimum absolute atomic E-state index is 0.156. The number of nitrogens with zero attached hydrogens (tertiary/aromatic N) is 3. The molecule has 1 fully saturated rings. The lowest BCUT2D eigenvalue weighted by Crippen LogP contribution is -2.15. The standard InChI is InChI=1S/C17H20Cl2N4OS/c1-23-16(11-6-3-2-4-7-11)21-22-17(23)25-10-14(24)20-13-9-5-8-12(18)15(13)19/h5,8-9,11H,2-4,6-7,10H2,1H3,(H,20,24). The number of nitrogens with one attached hydrogen (secondary N) is 1. The normalized spacial score (nSPS) is 15.3. The average Bonchev–Trinajstić information content (AvgIpc) is 2.99. The highest BCUT2D eigenvalue weighted by Crippen LogP contribution is 2.33. The van der Waals surface area contributed by atoms with E-state index in [1.807, 2.05) is 11.6 Å². The van der Waals surface area contributed by atoms with Gasteiger partial charge in [0.1, 0.15) is 5.82 Å². The maximum atomic E-state index is 12.2. The van der Waals surface area contributed by atoms with Crippen LogP contribution in [-0.4, -0.2) is 26.4 Å². The summed E-state index contributed by atoms with van der Waals surface area (Å²) in [6.07, 6.45) is 6.16. The van der Waals surface area contributed by atoms with E-state index in [4.69, 9.17) is 23.2 Å². The molecule has 0 atom stereocenters. The summed E-state index contributed by atoms with van der Waals surface area (Å²) in [5.74, 6) is 1.59. The smallest absolute Gasteiger partial charge is 0.234 e. The second-order valence-corrected chi connectivity index (χ2v) is 7.90. The van der Waals surface area contributed by atoms with E-state index in [0.717, 1.165) is 11.0 Å². The Balaban J connectivity index is 1.59. The molecule has 0 aliphatic heterocycles. The van der Waals surface area contributed by atoms with Crippen molar-refractivity contribution in [3.05, 3.63) is 34.1 Å². The van der Waals surface area contributed by atoms with Gasteiger partial charge >= 0.3 is 0 Å². The molecule has 5 nitrogen and oxygen atoms in total. The van der Waals surface area contributed by atoms with E-state index < -0.39 is 0 Å². The maximum absolute atomic E-state index is 12.2. The number of carbonyl (C=O) groups is 1. The minimum Gasteiger partial charge on any atom is -0.324 e. The van der Waals surface area contributed by atoms with Gasteiger partial charge in [-0.1, -0.05) is 60.3 Å². The van der Waals surface area contributed by atoms with Crippen molar-refractivity contribution in [3.8, 4) is 0 Å². The highest BCUT2D eigenvalue weighted by atomic mass is 35.5. The number of aromatic nitrogens is 3. The van der Waals surface area contributed by atoms with Crippen LogP contribution in [0.1, 0.15) is 43.8 Å². The number of amides is 1. The van der Waals surface area contributed by atoms with Crippen molar-refractivity contribution in [1.29, 1.82) is 0 Å². The summed E-state index contributed by atoms with van der Waals surface area (Å²) in [6, 6.07) is 5.15. The molecule has 1 amide bonds. The molecular formula is C17H20Cl2N4OS. The summed E-state index contributed by atoms with van der Waals surface area (Å²) in [6.45, 7) is 0. The van der Waals surface area contributed by atoms with Gasteiger partial charge in [0.2, 0.25) is 5.91 Å². The Bertz CT molecular complexity index is 759. The van der Waals surface area contributed by atoms with Gasteiger partial charge in [-0.15, -0.1) is 10.2 Å². The van der Waals surface area contributed by atoms with E-state index in [1.54, 1.807) is 18.2 Å². The van der Waals surface area contributed by atoms with Crippen molar-refractivity contribution in [2.24, 2.45) is 7.05 Å². The summed E-state index contributed by atoms with van der Waals surface area (Å²) in [5.41, 5.74) is 0.514. The number of benzene rings is 1. The molecule has 0 saturated heterocycles. The largest absolute Gasteiger partial charge is 0.324 e. The van der Waals surface area contributed by atoms with Gasteiger partial charge in [0.25, 0.3) is 0 Å². The molecule has 0 radical (unpaired) electrons. The first kappa shape index (κ1) is 18.5. The van der Waals surface area contributed by atoms with Crippen molar-refractivity contribution >= 4 is 46.6 Å². The summed E-state index contributed by atoms with van der Waals surface area (Å²) in [7, 11) is 1.97. The fraction of sp³-hybridized carbons (Fsp3) is 0.471. The zero-order valence-corrected chi connectivity index (χ0v) is 16.3. The Morgan fingerprint density at radius 1 is 1.28 bits per heavy atom. The molecule has 8 heteroatoms. The Hall–Kier alpha value is -1.24. The van der Waals surface area contributed by atoms with Crippen LogP contribution >= 0.6 is 35.0 Å². The first-order valence-electron chi connectivity index (χ1n) is 8.32. The van der Waals surface area contributed by atoms with Crippen LogP contribution in [0.4, 0.5) is 5.69 Å². The lowest BCUT2D eigenvalue weighted by Gasteiger charge is -2.20. The monoisotopic (exact) mass is 398 g/mol. The molecule has 0 unspecified atom stereocenters. The zero-order chi connectivity index (χ0) is 17.8. The number of carbonyl (C=O) groups excluding carboxylic acids is 1. The molecule has 1 aromatic heterocycles. The highest BCUT2D eigenvalue weighted by Gasteiger charge is 2.22. The Kier molecular flexibility index (Phi) is 6.25. The van der Waals surface area contributed by atoms with E-state index in [1.165, 1.54) is 43.9 Å². The first-order chi connectivity index (χ1) is 12.1. The molecule has 1 heterocycles. The van der Waals surface area contributed by atoms with E-state index in [2.05, 4.69) is 15.5 Å². The Morgan fingerprint density at radius 3 is 2.80 bits per heavy atom. The van der Waals surface area contributed by atoms with Crippen molar-refractivity contribution in [3.63, 3.8) is 0 Å². The summed E-state index contributed by atoms with van der Waals surface area (Å²) >= 11 is 13.4. The van der Waals surface area contributed by atoms with Crippen LogP contribution in [0.25, 0.3) is 0 Å². The number of hydrogen-bond acceptors (Lipinski definition) is 4. The first-order valence-corrected chi connectivity index (χ1v) is 10.1. The van der Waals surface area contributed by atoms with Gasteiger partial charge in [-0.25, -0.2) is 0 Å². The molecule has 2 aromatic rings. The van der Waals surface area contributed by atoms with Gasteiger partial charge < -0.3 is 9.88 Å². The number of thioether (sulfide) groups is 1. The van der Waals surface area contributed by atoms with Crippen molar-refractivity contribution in [1.82, 2.24) is 14.8 Å². The lowest BCUT2D eigenvalue weighted by molar-refractivity contribution is -0.113. The predicted molar refractivity (Wildman–Crippen MR) is 103 cm³/mol. The summed E-state index contributed by atoms with van der Waals surface area (Å²) < 4.78 is 2.01. The van der Waals surface area contributed by atoms with Gasteiger partial charge in [-0.05, 0) is 25.0 Å². The molecule has 0 bridgehead atoms. The SMILES string of the molecule is Cn1c(SCC(=O)Nc2cccc(Cl)c2Cl)nnc1C1CCCCC1. The molecule has 134 valence electrons. The Labute approximate surface area is 161 Å². The fourth-order valence-electron chi connectivity index (χ4n) is 3.08. The van der Waals surface area contributed by atoms with Gasteiger partial charge in [-0.3, -0.25) is 4.79 Å². The molecular weight excluding hydrogens is 379 g/mol. The van der Waals surface area contributed by atoms with Crippen LogP contribution in [0.3, 0.4) is 0 Å². The second kappa shape index (κ2) is 8.43. The quantitative estimate of drug-likeness (QED) is 0.727. The van der Waals surface area contributed by atoms with Crippen molar-refractivity contribution < 1.29 is 4.79 Å². The van der Waals surface area contributed by atoms with Crippen LogP contribution < -0.4 is 5.32 Å². The van der Waals surface area contributed by atoms with Crippen LogP contribution in [0.15, 0.2) is 23.4 Å². The molecule has 1 aliphatic carbocycles. The molecule has 1 saturated carbocycles. The van der Waals surface area contributed by atoms with Gasteiger partial charge in [-0.2, -0.15) is 0 Å². The second-order valence-electron chi connectivity index (χ2n) is 6.17. The number of hydrogen-bond donors (Lipinski definition) is 1. The number of rotatable bonds is 5. The van der Waals surface area contributed by atoms with E-state index in [-0.39, 0.29) is 11.7 Å². The predicted octanol–water partition coefficient (Wildman–Crippen LogP) is 4.90. The lowest BCUT2D eigenvalue weighted by atomic mass is 9.89. The van der Waals surface area contributed by atoms with Crippen molar-refractivity contribution in [2.75, 3.05) is 11.1 Å². The molecule has 1 N–H and O–H groups in total. The van der Waals surface area contributed by atoms with Gasteiger partial charge in [0.05, 0.1) is 21.5 Å². The van der Waals surface area contributed by atoms with Gasteiger partial charge in [0, 0.05) is 13.0 Å². The maximum Gasteiger partial charge on any atom is 0.234 e. The average molecular weight is 399 g/mol. The Morgan fingerprint density at radius 2 is 2.04 bits per heavy atom. The number of halogens is 2. The van der Waals surface area contributed by atoms with Gasteiger partial charge in [0.15, 0.2) is 5.16 Å². The van der Waals surface area contributed by atoms with Crippen molar-refractivity contribution in [2.45, 2.75) is 43.2 Å². The van der Waals surface area contributed by atoms with Crippen LogP contribution in [0.5, 0.6) is 0 Å². The molecule has 3 rings (SSSR count). The van der Waals surface area contributed by atoms with E-state index >= 15 is 0 Å². The summed E-state index contributed by atoms with van der Waals surface area (Å²) in [5, 5.41) is 12.9. The molecule has 0 spiro atoms. The fourth-order valence-corrected chi connectivity index (χ4v) is 4.15. The zero-order valence-electron chi connectivity index (χ0n) is 14.0. The third-order valence-corrected chi connectivity index (χ3v) is 6.24. The minimum atomic E-state index is -0.156. The van der Waals surface area contributed by atoms with Crippen LogP contribution in [0.2, 0.25) is 10.0 Å². The van der Waals surface area contributed by atoms with Crippen LogP contribution in [0, 0.1) is 0 Å². The molecule has 1 aromatic carbocycles. The third-order valence-electron chi connectivity index (χ3n) is 4.40. The topological polar surface area (TPSA) is 59.8 Å². The number of anilines is 1. The van der Waals surface area contributed by atoms with Crippen LogP contribution in [-0.2, 0) is 11.8 Å². The molecule has 25 heavy (non-hydrogen) atoms. The van der Waals surface area contributed by atoms with E-state index in [0.29, 0.717) is 21.7 Å². The van der Waals surface area contributed by atoms with E-state index in [9.17, 15) is 4.79 Å². The third kappa shape index (κ3) is 4.49. The highest BCUT2D eigenvalue weighted by molar-refractivity contribution is 7.99. The summed E-state index contributed by atoms with van der Waals surface area (Å²) in [4.78, 5) is 12.2. The molecule has 1 aliphatic rings.